The molecule has 1 fully saturated rings. The van der Waals surface area contributed by atoms with Gasteiger partial charge in [-0.15, -0.1) is 0 Å². The summed E-state index contributed by atoms with van der Waals surface area (Å²) in [7, 11) is -3.30. The summed E-state index contributed by atoms with van der Waals surface area (Å²) < 4.78 is 22.4. The van der Waals surface area contributed by atoms with E-state index in [0.717, 1.165) is 25.6 Å². The first-order valence-corrected chi connectivity index (χ1v) is 7.97. The Hall–Kier alpha value is -0.620. The van der Waals surface area contributed by atoms with E-state index in [-0.39, 0.29) is 6.04 Å². The van der Waals surface area contributed by atoms with Crippen LogP contribution in [-0.2, 0) is 14.6 Å². The third-order valence-corrected chi connectivity index (χ3v) is 4.94. The van der Waals surface area contributed by atoms with Gasteiger partial charge in [0.1, 0.15) is 5.25 Å². The van der Waals surface area contributed by atoms with Gasteiger partial charge in [0.25, 0.3) is 0 Å². The van der Waals surface area contributed by atoms with Crippen LogP contribution in [0.4, 0.5) is 0 Å². The Kier molecular flexibility index (Phi) is 4.94. The fourth-order valence-corrected chi connectivity index (χ4v) is 2.41. The van der Waals surface area contributed by atoms with Crippen LogP contribution in [0.1, 0.15) is 26.7 Å². The molecule has 3 unspecified atom stereocenters. The molecule has 1 heterocycles. The molecule has 1 rings (SSSR count). The minimum absolute atomic E-state index is 0.250. The summed E-state index contributed by atoms with van der Waals surface area (Å²) in [6.07, 6.45) is 3.39. The number of amides is 1. The molecule has 6 heteroatoms. The second-order valence-electron chi connectivity index (χ2n) is 4.90. The quantitative estimate of drug-likeness (QED) is 0.743. The van der Waals surface area contributed by atoms with Crippen LogP contribution in [0.15, 0.2) is 0 Å². The third kappa shape index (κ3) is 4.27. The smallest absolute Gasteiger partial charge is 0.238 e. The second-order valence-corrected chi connectivity index (χ2v) is 7.26. The number of hydrogen-bond donors (Lipinski definition) is 2. The third-order valence-electron chi connectivity index (χ3n) is 3.44. The van der Waals surface area contributed by atoms with Crippen LogP contribution in [0, 0.1) is 5.92 Å². The first-order chi connectivity index (χ1) is 7.82. The van der Waals surface area contributed by atoms with Crippen LogP contribution in [0.25, 0.3) is 0 Å². The van der Waals surface area contributed by atoms with Gasteiger partial charge in [-0.05, 0) is 32.2 Å². The Morgan fingerprint density at radius 2 is 2.18 bits per heavy atom. The standard InChI is InChI=1S/C11H22N2O3S/c1-8-5-4-6-12-10(8)7-13-11(14)9(2)17(3,15)16/h8-10,12H,4-7H2,1-3H3,(H,13,14). The lowest BCUT2D eigenvalue weighted by molar-refractivity contribution is -0.120. The van der Waals surface area contributed by atoms with Gasteiger partial charge in [-0.25, -0.2) is 8.42 Å². The van der Waals surface area contributed by atoms with Gasteiger partial charge in [0.2, 0.25) is 5.91 Å². The molecule has 3 atom stereocenters. The highest BCUT2D eigenvalue weighted by atomic mass is 32.2. The SMILES string of the molecule is CC1CCCNC1CNC(=O)C(C)S(C)(=O)=O. The van der Waals surface area contributed by atoms with Gasteiger partial charge in [-0.3, -0.25) is 4.79 Å². The lowest BCUT2D eigenvalue weighted by Crippen LogP contribution is -2.49. The van der Waals surface area contributed by atoms with E-state index < -0.39 is 21.0 Å². The van der Waals surface area contributed by atoms with Gasteiger partial charge in [0.15, 0.2) is 9.84 Å². The Bertz CT molecular complexity index is 367. The number of piperidine rings is 1. The van der Waals surface area contributed by atoms with Crippen LogP contribution in [0.5, 0.6) is 0 Å². The molecule has 0 spiro atoms. The van der Waals surface area contributed by atoms with E-state index >= 15 is 0 Å². The zero-order chi connectivity index (χ0) is 13.1. The van der Waals surface area contributed by atoms with E-state index in [1.807, 2.05) is 0 Å². The topological polar surface area (TPSA) is 75.3 Å². The van der Waals surface area contributed by atoms with Crippen molar-refractivity contribution in [3.63, 3.8) is 0 Å². The molecule has 0 bridgehead atoms. The van der Waals surface area contributed by atoms with Crippen molar-refractivity contribution >= 4 is 15.7 Å². The summed E-state index contributed by atoms with van der Waals surface area (Å²) in [5.41, 5.74) is 0. The minimum Gasteiger partial charge on any atom is -0.353 e. The first-order valence-electron chi connectivity index (χ1n) is 6.02. The number of sulfone groups is 1. The summed E-state index contributed by atoms with van der Waals surface area (Å²) in [6, 6.07) is 0.250. The maximum absolute atomic E-state index is 11.6. The van der Waals surface area contributed by atoms with Crippen molar-refractivity contribution in [2.45, 2.75) is 38.0 Å². The average molecular weight is 262 g/mol. The number of hydrogen-bond acceptors (Lipinski definition) is 4. The molecule has 0 saturated carbocycles. The van der Waals surface area contributed by atoms with Crippen molar-refractivity contribution < 1.29 is 13.2 Å². The van der Waals surface area contributed by atoms with Crippen molar-refractivity contribution in [3.05, 3.63) is 0 Å². The molecule has 0 radical (unpaired) electrons. The molecule has 17 heavy (non-hydrogen) atoms. The largest absolute Gasteiger partial charge is 0.353 e. The molecule has 0 aromatic heterocycles. The fraction of sp³-hybridized carbons (Fsp3) is 0.909. The summed E-state index contributed by atoms with van der Waals surface area (Å²) in [5.74, 6) is 0.102. The molecule has 100 valence electrons. The minimum atomic E-state index is -3.30. The van der Waals surface area contributed by atoms with Crippen LogP contribution >= 0.6 is 0 Å². The van der Waals surface area contributed by atoms with E-state index in [1.165, 1.54) is 6.92 Å². The van der Waals surface area contributed by atoms with Crippen LogP contribution in [0.3, 0.4) is 0 Å². The predicted molar refractivity (Wildman–Crippen MR) is 67.5 cm³/mol. The molecule has 1 aliphatic heterocycles. The lowest BCUT2D eigenvalue weighted by atomic mass is 9.93. The van der Waals surface area contributed by atoms with Crippen molar-refractivity contribution in [1.82, 2.24) is 10.6 Å². The fourth-order valence-electron chi connectivity index (χ4n) is 1.94. The molecule has 0 aliphatic carbocycles. The highest BCUT2D eigenvalue weighted by Crippen LogP contribution is 2.14. The molecule has 0 aromatic carbocycles. The van der Waals surface area contributed by atoms with Crippen molar-refractivity contribution in [3.8, 4) is 0 Å². The Balaban J connectivity index is 2.42. The van der Waals surface area contributed by atoms with E-state index in [2.05, 4.69) is 17.6 Å². The van der Waals surface area contributed by atoms with Crippen LogP contribution in [-0.4, -0.2) is 45.0 Å². The summed E-state index contributed by atoms with van der Waals surface area (Å²) in [4.78, 5) is 11.6. The van der Waals surface area contributed by atoms with Crippen molar-refractivity contribution in [2.24, 2.45) is 5.92 Å². The van der Waals surface area contributed by atoms with E-state index in [0.29, 0.717) is 12.5 Å². The van der Waals surface area contributed by atoms with Crippen molar-refractivity contribution in [2.75, 3.05) is 19.3 Å². The molecule has 1 amide bonds. The van der Waals surface area contributed by atoms with Crippen LogP contribution in [0.2, 0.25) is 0 Å². The van der Waals surface area contributed by atoms with Gasteiger partial charge in [-0.1, -0.05) is 6.92 Å². The maximum Gasteiger partial charge on any atom is 0.238 e. The second kappa shape index (κ2) is 5.82. The molecule has 0 aromatic rings. The van der Waals surface area contributed by atoms with Gasteiger partial charge in [-0.2, -0.15) is 0 Å². The first kappa shape index (κ1) is 14.4. The number of carbonyl (C=O) groups excluding carboxylic acids is 1. The van der Waals surface area contributed by atoms with E-state index in [9.17, 15) is 13.2 Å². The van der Waals surface area contributed by atoms with Crippen LogP contribution < -0.4 is 10.6 Å². The molecule has 5 nitrogen and oxygen atoms in total. The Labute approximate surface area is 103 Å². The maximum atomic E-state index is 11.6. The number of nitrogens with one attached hydrogen (secondary N) is 2. The number of carbonyl (C=O) groups is 1. The molecule has 2 N–H and O–H groups in total. The van der Waals surface area contributed by atoms with Gasteiger partial charge < -0.3 is 10.6 Å². The highest BCUT2D eigenvalue weighted by molar-refractivity contribution is 7.92. The lowest BCUT2D eigenvalue weighted by Gasteiger charge is -2.30. The molecular weight excluding hydrogens is 240 g/mol. The predicted octanol–water partition coefficient (Wildman–Crippen LogP) is -0.0762. The summed E-state index contributed by atoms with van der Waals surface area (Å²) in [5, 5.41) is 5.08. The Morgan fingerprint density at radius 1 is 1.53 bits per heavy atom. The summed E-state index contributed by atoms with van der Waals surface area (Å²) >= 11 is 0. The zero-order valence-electron chi connectivity index (χ0n) is 10.7. The van der Waals surface area contributed by atoms with Crippen molar-refractivity contribution in [1.29, 1.82) is 0 Å². The number of rotatable bonds is 4. The zero-order valence-corrected chi connectivity index (χ0v) is 11.5. The van der Waals surface area contributed by atoms with E-state index in [4.69, 9.17) is 0 Å². The molecule has 1 aliphatic rings. The summed E-state index contributed by atoms with van der Waals surface area (Å²) in [6.45, 7) is 5.03. The van der Waals surface area contributed by atoms with Gasteiger partial charge >= 0.3 is 0 Å². The molecular formula is C11H22N2O3S. The Morgan fingerprint density at radius 3 is 2.71 bits per heavy atom. The molecule has 1 saturated heterocycles. The highest BCUT2D eigenvalue weighted by Gasteiger charge is 2.26. The average Bonchev–Trinajstić information content (AvgIpc) is 2.25. The van der Waals surface area contributed by atoms with Gasteiger partial charge in [0.05, 0.1) is 0 Å². The monoisotopic (exact) mass is 262 g/mol. The normalized spacial score (nSPS) is 27.5. The van der Waals surface area contributed by atoms with E-state index in [1.54, 1.807) is 0 Å². The van der Waals surface area contributed by atoms with Gasteiger partial charge in [0, 0.05) is 18.8 Å².